The quantitative estimate of drug-likeness (QED) is 0.723. The molecular weight excluding hydrogens is 238 g/mol. The minimum Gasteiger partial charge on any atom is -0.490 e. The number of benzene rings is 1. The van der Waals surface area contributed by atoms with E-state index in [1.807, 2.05) is 0 Å². The number of carboxylic acid groups (broad SMARTS) is 1. The van der Waals surface area contributed by atoms with Crippen molar-refractivity contribution in [3.63, 3.8) is 0 Å². The van der Waals surface area contributed by atoms with Crippen LogP contribution in [0.4, 0.5) is 5.69 Å². The van der Waals surface area contributed by atoms with Gasteiger partial charge in [-0.1, -0.05) is 0 Å². The third kappa shape index (κ3) is 4.06. The van der Waals surface area contributed by atoms with E-state index in [-0.39, 0.29) is 12.5 Å². The van der Waals surface area contributed by atoms with E-state index in [1.54, 1.807) is 24.3 Å². The Morgan fingerprint density at radius 3 is 2.33 bits per heavy atom. The van der Waals surface area contributed by atoms with Gasteiger partial charge in [0.15, 0.2) is 5.60 Å². The molecule has 1 amide bonds. The van der Waals surface area contributed by atoms with Crippen LogP contribution in [0.5, 0.6) is 5.75 Å². The van der Waals surface area contributed by atoms with Crippen molar-refractivity contribution in [2.24, 2.45) is 0 Å². The van der Waals surface area contributed by atoms with Crippen LogP contribution in [0.15, 0.2) is 24.3 Å². The zero-order valence-electron chi connectivity index (χ0n) is 10.1. The Morgan fingerprint density at radius 2 is 1.89 bits per heavy atom. The summed E-state index contributed by atoms with van der Waals surface area (Å²) in [5.74, 6) is -1.12. The molecule has 0 radical (unpaired) electrons. The molecule has 0 aliphatic rings. The first-order valence-electron chi connectivity index (χ1n) is 5.27. The molecule has 0 fully saturated rings. The molecule has 0 unspecified atom stereocenters. The van der Waals surface area contributed by atoms with Crippen LogP contribution in [-0.4, -0.2) is 34.3 Å². The molecule has 1 atom stereocenters. The van der Waals surface area contributed by atoms with Crippen LogP contribution in [0.2, 0.25) is 0 Å². The summed E-state index contributed by atoms with van der Waals surface area (Å²) in [6, 6.07) is 6.38. The summed E-state index contributed by atoms with van der Waals surface area (Å²) in [4.78, 5) is 21.4. The van der Waals surface area contributed by atoms with Crippen LogP contribution >= 0.6 is 0 Å². The number of rotatable bonds is 5. The molecule has 0 heterocycles. The predicted octanol–water partition coefficient (Wildman–Crippen LogP) is 0.859. The molecule has 1 aromatic carbocycles. The van der Waals surface area contributed by atoms with Crippen molar-refractivity contribution in [3.8, 4) is 5.75 Å². The molecule has 0 spiro atoms. The third-order valence-electron chi connectivity index (χ3n) is 2.16. The minimum absolute atomic E-state index is 0.183. The maximum Gasteiger partial charge on any atom is 0.339 e. The van der Waals surface area contributed by atoms with Gasteiger partial charge in [-0.25, -0.2) is 4.79 Å². The van der Waals surface area contributed by atoms with Gasteiger partial charge in [0.05, 0.1) is 0 Å². The van der Waals surface area contributed by atoms with Crippen molar-refractivity contribution < 1.29 is 24.5 Å². The zero-order chi connectivity index (χ0) is 13.8. The summed E-state index contributed by atoms with van der Waals surface area (Å²) in [5, 5.41) is 20.7. The van der Waals surface area contributed by atoms with E-state index in [9.17, 15) is 14.7 Å². The van der Waals surface area contributed by atoms with Gasteiger partial charge < -0.3 is 20.3 Å². The van der Waals surface area contributed by atoms with Crippen molar-refractivity contribution >= 4 is 17.6 Å². The lowest BCUT2D eigenvalue weighted by molar-refractivity contribution is -0.159. The van der Waals surface area contributed by atoms with Crippen molar-refractivity contribution in [2.45, 2.75) is 19.4 Å². The maximum absolute atomic E-state index is 10.8. The molecular formula is C12H15NO5. The highest BCUT2D eigenvalue weighted by Crippen LogP contribution is 2.17. The van der Waals surface area contributed by atoms with Crippen LogP contribution in [0, 0.1) is 0 Å². The summed E-state index contributed by atoms with van der Waals surface area (Å²) in [6.07, 6.45) is 0. The highest BCUT2D eigenvalue weighted by molar-refractivity contribution is 5.88. The lowest BCUT2D eigenvalue weighted by Gasteiger charge is -2.18. The molecule has 1 rings (SSSR count). The Morgan fingerprint density at radius 1 is 1.33 bits per heavy atom. The molecule has 6 nitrogen and oxygen atoms in total. The highest BCUT2D eigenvalue weighted by atomic mass is 16.5. The number of hydrogen-bond acceptors (Lipinski definition) is 4. The fourth-order valence-electron chi connectivity index (χ4n) is 1.12. The molecule has 0 saturated carbocycles. The highest BCUT2D eigenvalue weighted by Gasteiger charge is 2.30. The molecule has 0 aliphatic heterocycles. The second-order valence-electron chi connectivity index (χ2n) is 4.07. The number of hydrogen-bond donors (Lipinski definition) is 3. The maximum atomic E-state index is 10.8. The van der Waals surface area contributed by atoms with Gasteiger partial charge in [-0.3, -0.25) is 4.79 Å². The van der Waals surface area contributed by atoms with Crippen molar-refractivity contribution in [3.05, 3.63) is 24.3 Å². The van der Waals surface area contributed by atoms with E-state index >= 15 is 0 Å². The normalized spacial score (nSPS) is 13.5. The number of carbonyl (C=O) groups is 2. The number of aliphatic hydroxyl groups is 1. The van der Waals surface area contributed by atoms with E-state index in [2.05, 4.69) is 5.32 Å². The monoisotopic (exact) mass is 253 g/mol. The largest absolute Gasteiger partial charge is 0.490 e. The van der Waals surface area contributed by atoms with E-state index in [1.165, 1.54) is 6.92 Å². The second-order valence-corrected chi connectivity index (χ2v) is 4.07. The van der Waals surface area contributed by atoms with Crippen LogP contribution in [0.1, 0.15) is 13.8 Å². The molecule has 0 aliphatic carbocycles. The van der Waals surface area contributed by atoms with Gasteiger partial charge in [0, 0.05) is 12.6 Å². The van der Waals surface area contributed by atoms with Gasteiger partial charge in [0.1, 0.15) is 12.4 Å². The van der Waals surface area contributed by atoms with E-state index in [4.69, 9.17) is 9.84 Å². The average molecular weight is 253 g/mol. The van der Waals surface area contributed by atoms with Crippen molar-refractivity contribution in [2.75, 3.05) is 11.9 Å². The second kappa shape index (κ2) is 5.50. The lowest BCUT2D eigenvalue weighted by atomic mass is 10.1. The Kier molecular flexibility index (Phi) is 4.28. The molecule has 0 bridgehead atoms. The first kappa shape index (κ1) is 14.0. The number of carboxylic acids is 1. The summed E-state index contributed by atoms with van der Waals surface area (Å²) < 4.78 is 5.15. The van der Waals surface area contributed by atoms with Gasteiger partial charge in [-0.15, -0.1) is 0 Å². The molecule has 0 aromatic heterocycles. The molecule has 3 N–H and O–H groups in total. The number of ether oxygens (including phenoxy) is 1. The van der Waals surface area contributed by atoms with E-state index in [0.717, 1.165) is 6.92 Å². The van der Waals surface area contributed by atoms with Crippen LogP contribution in [-0.2, 0) is 9.59 Å². The number of aliphatic carboxylic acids is 1. The topological polar surface area (TPSA) is 95.9 Å². The van der Waals surface area contributed by atoms with Crippen LogP contribution in [0.25, 0.3) is 0 Å². The summed E-state index contributed by atoms with van der Waals surface area (Å²) in [5.41, 5.74) is -1.32. The SMILES string of the molecule is CC(=O)Nc1ccc(OC[C@](C)(O)C(=O)O)cc1. The van der Waals surface area contributed by atoms with Gasteiger partial charge in [0.2, 0.25) is 5.91 Å². The Bertz CT molecular complexity index is 438. The lowest BCUT2D eigenvalue weighted by Crippen LogP contribution is -2.41. The summed E-state index contributed by atoms with van der Waals surface area (Å²) in [6.45, 7) is 2.19. The van der Waals surface area contributed by atoms with Gasteiger partial charge in [-0.05, 0) is 31.2 Å². The van der Waals surface area contributed by atoms with Gasteiger partial charge in [0.25, 0.3) is 0 Å². The smallest absolute Gasteiger partial charge is 0.339 e. The standard InChI is InChI=1S/C12H15NO5/c1-8(14)13-9-3-5-10(6-4-9)18-7-12(2,17)11(15)16/h3-6,17H,7H2,1-2H3,(H,13,14)(H,15,16)/t12-/m0/s1. The zero-order valence-corrected chi connectivity index (χ0v) is 10.1. The minimum atomic E-state index is -1.93. The van der Waals surface area contributed by atoms with E-state index < -0.39 is 11.6 Å². The number of carbonyl (C=O) groups excluding carboxylic acids is 1. The first-order valence-corrected chi connectivity index (χ1v) is 5.27. The Hall–Kier alpha value is -2.08. The van der Waals surface area contributed by atoms with Gasteiger partial charge in [-0.2, -0.15) is 0 Å². The Labute approximate surface area is 104 Å². The molecule has 0 saturated heterocycles. The number of anilines is 1. The summed E-state index contributed by atoms with van der Waals surface area (Å²) in [7, 11) is 0. The molecule has 18 heavy (non-hydrogen) atoms. The van der Waals surface area contributed by atoms with Crippen molar-refractivity contribution in [1.82, 2.24) is 0 Å². The number of amides is 1. The van der Waals surface area contributed by atoms with Crippen LogP contribution in [0.3, 0.4) is 0 Å². The molecule has 1 aromatic rings. The third-order valence-corrected chi connectivity index (χ3v) is 2.16. The van der Waals surface area contributed by atoms with Crippen molar-refractivity contribution in [1.29, 1.82) is 0 Å². The molecule has 98 valence electrons. The summed E-state index contributed by atoms with van der Waals surface area (Å²) >= 11 is 0. The molecule has 6 heteroatoms. The Balaban J connectivity index is 2.59. The fourth-order valence-corrected chi connectivity index (χ4v) is 1.12. The van der Waals surface area contributed by atoms with Gasteiger partial charge >= 0.3 is 5.97 Å². The average Bonchev–Trinajstić information content (AvgIpc) is 2.27. The predicted molar refractivity (Wildman–Crippen MR) is 64.5 cm³/mol. The fraction of sp³-hybridized carbons (Fsp3) is 0.333. The first-order chi connectivity index (χ1) is 8.31. The van der Waals surface area contributed by atoms with Crippen LogP contribution < -0.4 is 10.1 Å². The van der Waals surface area contributed by atoms with E-state index in [0.29, 0.717) is 11.4 Å². The number of nitrogens with one attached hydrogen (secondary N) is 1.